The highest BCUT2D eigenvalue weighted by molar-refractivity contribution is 5.03. The van der Waals surface area contributed by atoms with E-state index >= 15 is 0 Å². The predicted molar refractivity (Wildman–Crippen MR) is 64.1 cm³/mol. The first-order chi connectivity index (χ1) is 8.78. The van der Waals surface area contributed by atoms with Gasteiger partial charge in [0.05, 0.1) is 25.4 Å². The van der Waals surface area contributed by atoms with Gasteiger partial charge in [-0.2, -0.15) is 0 Å². The number of rotatable bonds is 6. The van der Waals surface area contributed by atoms with Crippen LogP contribution in [0.25, 0.3) is 0 Å². The number of ether oxygens (including phenoxy) is 3. The molecule has 2 rings (SSSR count). The van der Waals surface area contributed by atoms with Crippen molar-refractivity contribution < 1.29 is 18.7 Å². The van der Waals surface area contributed by atoms with E-state index in [0.29, 0.717) is 25.6 Å². The van der Waals surface area contributed by atoms with E-state index in [0.717, 1.165) is 18.8 Å². The minimum Gasteiger partial charge on any atom is -0.377 e. The molecule has 0 aliphatic carbocycles. The van der Waals surface area contributed by atoms with E-state index in [1.165, 1.54) is 0 Å². The average molecular weight is 256 g/mol. The molecule has 18 heavy (non-hydrogen) atoms. The Bertz CT molecular complexity index is 356. The van der Waals surface area contributed by atoms with Gasteiger partial charge in [-0.25, -0.2) is 0 Å². The van der Waals surface area contributed by atoms with Gasteiger partial charge in [-0.1, -0.05) is 5.16 Å². The molecule has 6 heteroatoms. The van der Waals surface area contributed by atoms with Crippen molar-refractivity contribution in [2.45, 2.75) is 32.3 Å². The Kier molecular flexibility index (Phi) is 5.12. The normalized spacial score (nSPS) is 24.3. The van der Waals surface area contributed by atoms with Gasteiger partial charge < -0.3 is 24.1 Å². The maximum atomic E-state index is 5.72. The fourth-order valence-electron chi connectivity index (χ4n) is 1.90. The second kappa shape index (κ2) is 6.84. The number of nitrogens with zero attached hydrogens (tertiary/aromatic N) is 1. The number of morpholine rings is 1. The van der Waals surface area contributed by atoms with Gasteiger partial charge in [-0.15, -0.1) is 0 Å². The lowest BCUT2D eigenvalue weighted by molar-refractivity contribution is -0.0721. The Morgan fingerprint density at radius 3 is 3.11 bits per heavy atom. The lowest BCUT2D eigenvalue weighted by atomic mass is 10.2. The lowest BCUT2D eigenvalue weighted by Crippen LogP contribution is -2.45. The van der Waals surface area contributed by atoms with Gasteiger partial charge >= 0.3 is 0 Å². The van der Waals surface area contributed by atoms with Crippen molar-refractivity contribution in [2.75, 3.05) is 26.8 Å². The van der Waals surface area contributed by atoms with Crippen molar-refractivity contribution in [3.8, 4) is 0 Å². The van der Waals surface area contributed by atoms with Gasteiger partial charge in [0.25, 0.3) is 0 Å². The predicted octanol–water partition coefficient (Wildman–Crippen LogP) is 0.714. The molecule has 0 spiro atoms. The Hall–Kier alpha value is -0.950. The van der Waals surface area contributed by atoms with Crippen molar-refractivity contribution in [3.63, 3.8) is 0 Å². The zero-order valence-corrected chi connectivity index (χ0v) is 10.8. The summed E-state index contributed by atoms with van der Waals surface area (Å²) in [6.45, 7) is 5.21. The van der Waals surface area contributed by atoms with E-state index in [2.05, 4.69) is 10.5 Å². The van der Waals surface area contributed by atoms with Crippen LogP contribution < -0.4 is 5.32 Å². The van der Waals surface area contributed by atoms with Crippen LogP contribution in [0.2, 0.25) is 0 Å². The molecule has 0 bridgehead atoms. The van der Waals surface area contributed by atoms with E-state index in [9.17, 15) is 0 Å². The molecule has 0 aromatic carbocycles. The quantitative estimate of drug-likeness (QED) is 0.809. The molecule has 1 saturated heterocycles. The number of methoxy groups -OCH3 is 1. The summed E-state index contributed by atoms with van der Waals surface area (Å²) in [4.78, 5) is 0. The van der Waals surface area contributed by atoms with Crippen LogP contribution in [-0.4, -0.2) is 44.2 Å². The standard InChI is InChI=1S/C12H20N2O4/c1-9-4-13-5-12(17-9)8-16-6-10-3-11(7-15-2)18-14-10/h3,9,12-13H,4-8H2,1-2H3. The van der Waals surface area contributed by atoms with E-state index in [1.54, 1.807) is 7.11 Å². The largest absolute Gasteiger partial charge is 0.377 e. The van der Waals surface area contributed by atoms with Crippen molar-refractivity contribution in [2.24, 2.45) is 0 Å². The fraction of sp³-hybridized carbons (Fsp3) is 0.750. The average Bonchev–Trinajstić information content (AvgIpc) is 2.78. The molecular weight excluding hydrogens is 236 g/mol. The van der Waals surface area contributed by atoms with Crippen LogP contribution in [0, 0.1) is 0 Å². The van der Waals surface area contributed by atoms with Crippen LogP contribution >= 0.6 is 0 Å². The number of nitrogens with one attached hydrogen (secondary N) is 1. The highest BCUT2D eigenvalue weighted by atomic mass is 16.5. The third kappa shape index (κ3) is 4.06. The van der Waals surface area contributed by atoms with Gasteiger partial charge in [0.2, 0.25) is 0 Å². The summed E-state index contributed by atoms with van der Waals surface area (Å²) in [5, 5.41) is 7.19. The van der Waals surface area contributed by atoms with Crippen molar-refractivity contribution >= 4 is 0 Å². The maximum absolute atomic E-state index is 5.72. The Morgan fingerprint density at radius 1 is 1.44 bits per heavy atom. The topological polar surface area (TPSA) is 65.8 Å². The maximum Gasteiger partial charge on any atom is 0.162 e. The highest BCUT2D eigenvalue weighted by Gasteiger charge is 2.18. The summed E-state index contributed by atoms with van der Waals surface area (Å²) < 4.78 is 21.3. The van der Waals surface area contributed by atoms with E-state index in [1.807, 2.05) is 13.0 Å². The summed E-state index contributed by atoms with van der Waals surface area (Å²) in [6.07, 6.45) is 0.354. The van der Waals surface area contributed by atoms with Crippen LogP contribution in [0.4, 0.5) is 0 Å². The molecule has 0 saturated carbocycles. The van der Waals surface area contributed by atoms with Gasteiger partial charge in [0.1, 0.15) is 12.3 Å². The lowest BCUT2D eigenvalue weighted by Gasteiger charge is -2.28. The molecule has 0 radical (unpaired) electrons. The molecule has 0 amide bonds. The van der Waals surface area contributed by atoms with E-state index in [-0.39, 0.29) is 12.2 Å². The summed E-state index contributed by atoms with van der Waals surface area (Å²) >= 11 is 0. The molecule has 1 aliphatic rings. The van der Waals surface area contributed by atoms with Crippen LogP contribution in [0.5, 0.6) is 0 Å². The van der Waals surface area contributed by atoms with Crippen molar-refractivity contribution in [3.05, 3.63) is 17.5 Å². The minimum absolute atomic E-state index is 0.110. The molecule has 2 heterocycles. The summed E-state index contributed by atoms with van der Waals surface area (Å²) in [6, 6.07) is 1.84. The monoisotopic (exact) mass is 256 g/mol. The number of aromatic nitrogens is 1. The Morgan fingerprint density at radius 2 is 2.33 bits per heavy atom. The van der Waals surface area contributed by atoms with Crippen molar-refractivity contribution in [1.82, 2.24) is 10.5 Å². The molecule has 1 aromatic rings. The van der Waals surface area contributed by atoms with Crippen molar-refractivity contribution in [1.29, 1.82) is 0 Å². The smallest absolute Gasteiger partial charge is 0.162 e. The Balaban J connectivity index is 1.67. The van der Waals surface area contributed by atoms with E-state index in [4.69, 9.17) is 18.7 Å². The van der Waals surface area contributed by atoms with Gasteiger partial charge in [-0.05, 0) is 6.92 Å². The molecule has 1 aliphatic heterocycles. The minimum atomic E-state index is 0.110. The molecular formula is C12H20N2O4. The van der Waals surface area contributed by atoms with Gasteiger partial charge in [-0.3, -0.25) is 0 Å². The summed E-state index contributed by atoms with van der Waals surface area (Å²) in [5.74, 6) is 0.709. The third-order valence-electron chi connectivity index (χ3n) is 2.68. The van der Waals surface area contributed by atoms with Gasteiger partial charge in [0.15, 0.2) is 5.76 Å². The first kappa shape index (κ1) is 13.5. The van der Waals surface area contributed by atoms with Crippen LogP contribution in [0.1, 0.15) is 18.4 Å². The van der Waals surface area contributed by atoms with E-state index < -0.39 is 0 Å². The zero-order chi connectivity index (χ0) is 12.8. The van der Waals surface area contributed by atoms with Gasteiger partial charge in [0, 0.05) is 26.3 Å². The third-order valence-corrected chi connectivity index (χ3v) is 2.68. The molecule has 1 N–H and O–H groups in total. The Labute approximate surface area is 107 Å². The second-order valence-corrected chi connectivity index (χ2v) is 4.46. The molecule has 1 aromatic heterocycles. The summed E-state index contributed by atoms with van der Waals surface area (Å²) in [5.41, 5.74) is 0.777. The number of hydrogen-bond donors (Lipinski definition) is 1. The highest BCUT2D eigenvalue weighted by Crippen LogP contribution is 2.08. The molecule has 2 atom stereocenters. The van der Waals surface area contributed by atoms with Crippen LogP contribution in [-0.2, 0) is 27.4 Å². The van der Waals surface area contributed by atoms with Crippen LogP contribution in [0.3, 0.4) is 0 Å². The molecule has 1 fully saturated rings. The SMILES string of the molecule is COCc1cc(COCC2CNCC(C)O2)no1. The number of hydrogen-bond acceptors (Lipinski definition) is 6. The second-order valence-electron chi connectivity index (χ2n) is 4.46. The fourth-order valence-corrected chi connectivity index (χ4v) is 1.90. The van der Waals surface area contributed by atoms with Crippen LogP contribution in [0.15, 0.2) is 10.6 Å². The molecule has 102 valence electrons. The molecule has 2 unspecified atom stereocenters. The summed E-state index contributed by atoms with van der Waals surface area (Å²) in [7, 11) is 1.62. The zero-order valence-electron chi connectivity index (χ0n) is 10.8. The first-order valence-electron chi connectivity index (χ1n) is 6.15. The molecule has 6 nitrogen and oxygen atoms in total. The first-order valence-corrected chi connectivity index (χ1v) is 6.15.